The first kappa shape index (κ1) is 30.1. The topological polar surface area (TPSA) is 121 Å². The molecule has 0 saturated heterocycles. The van der Waals surface area contributed by atoms with Crippen molar-refractivity contribution in [3.05, 3.63) is 41.1 Å². The molecule has 1 heterocycles. The number of ether oxygens (including phenoxy) is 4. The van der Waals surface area contributed by atoms with Crippen molar-refractivity contribution in [1.82, 2.24) is 0 Å². The van der Waals surface area contributed by atoms with E-state index in [1.807, 2.05) is 12.1 Å². The van der Waals surface area contributed by atoms with Gasteiger partial charge in [0, 0.05) is 22.1 Å². The number of methoxy groups -OCH3 is 1. The average molecular weight is 631 g/mol. The summed E-state index contributed by atoms with van der Waals surface area (Å²) in [7, 11) is 1.53. The highest BCUT2D eigenvalue weighted by molar-refractivity contribution is 6.23. The van der Waals surface area contributed by atoms with E-state index in [2.05, 4.69) is 20.8 Å². The van der Waals surface area contributed by atoms with Crippen molar-refractivity contribution in [2.24, 2.45) is 34.0 Å². The van der Waals surface area contributed by atoms with Crippen LogP contribution >= 0.6 is 0 Å². The van der Waals surface area contributed by atoms with Crippen LogP contribution in [-0.2, 0) is 4.74 Å². The summed E-state index contributed by atoms with van der Waals surface area (Å²) >= 11 is 0. The van der Waals surface area contributed by atoms with E-state index >= 15 is 0 Å². The minimum Gasteiger partial charge on any atom is -0.733 e. The molecule has 4 saturated carbocycles. The van der Waals surface area contributed by atoms with E-state index in [4.69, 9.17) is 18.9 Å². The van der Waals surface area contributed by atoms with E-state index in [1.54, 1.807) is 6.07 Å². The van der Waals surface area contributed by atoms with E-state index in [0.717, 1.165) is 25.7 Å². The largest absolute Gasteiger partial charge is 0.733 e. The van der Waals surface area contributed by atoms with Crippen LogP contribution in [0, 0.1) is 39.2 Å². The molecule has 5 aliphatic rings. The fraction of sp³-hybridized carbons (Fsp3) is 0.595. The molecule has 0 amide bonds. The number of aliphatic hydroxyl groups is 1. The Balaban J connectivity index is 1.22. The second-order valence-corrected chi connectivity index (χ2v) is 15.8. The fourth-order valence-electron chi connectivity index (χ4n) is 11.7. The van der Waals surface area contributed by atoms with Crippen LogP contribution in [0.2, 0.25) is 0 Å². The molecule has 4 aliphatic carbocycles. The van der Waals surface area contributed by atoms with Gasteiger partial charge in [0.1, 0.15) is 11.4 Å². The lowest BCUT2D eigenvalue weighted by atomic mass is 9.41. The smallest absolute Gasteiger partial charge is 0.339 e. The van der Waals surface area contributed by atoms with Crippen LogP contribution in [0.15, 0.2) is 30.3 Å². The Morgan fingerprint density at radius 2 is 1.87 bits per heavy atom. The van der Waals surface area contributed by atoms with E-state index in [-0.39, 0.29) is 52.0 Å². The number of nitrogens with zero attached hydrogens (tertiary/aromatic N) is 1. The minimum absolute atomic E-state index is 0.0242. The normalized spacial score (nSPS) is 33.8. The number of rotatable bonds is 5. The molecule has 0 aromatic heterocycles. The predicted octanol–water partition coefficient (Wildman–Crippen LogP) is 7.74. The Bertz CT molecular complexity index is 1750. The Morgan fingerprint density at radius 3 is 2.63 bits per heavy atom. The van der Waals surface area contributed by atoms with Gasteiger partial charge in [0.2, 0.25) is 6.79 Å². The maximum atomic E-state index is 14.5. The first-order valence-electron chi connectivity index (χ1n) is 16.8. The Labute approximate surface area is 269 Å². The summed E-state index contributed by atoms with van der Waals surface area (Å²) in [5, 5.41) is 35.8. The molecule has 46 heavy (non-hydrogen) atoms. The standard InChI is InChI=1S/C37H44NO8/c1-34(2)12-6-13-35(3)28(34)11-14-36-17-21(9-10-29(35)36)37(18-36,19-39)46-33(40)24-16-27-32(45-20-44-27)31-22-7-5-8-26(43-4)23(22)15-25(30(24)31)38(41)42/h5,7-8,15-16,21,28-29,39,41H,6,9-14,17-20H2,1-4H3/q-1/t21-,28-,29+,35-,36+,37+/m0/s1. The molecule has 246 valence electrons. The van der Waals surface area contributed by atoms with Crippen LogP contribution in [0.3, 0.4) is 0 Å². The third-order valence-corrected chi connectivity index (χ3v) is 13.3. The van der Waals surface area contributed by atoms with Gasteiger partial charge in [0.25, 0.3) is 0 Å². The lowest BCUT2D eigenvalue weighted by Crippen LogP contribution is -2.55. The molecule has 0 radical (unpaired) electrons. The van der Waals surface area contributed by atoms with Crippen molar-refractivity contribution in [1.29, 1.82) is 0 Å². The van der Waals surface area contributed by atoms with E-state index in [9.17, 15) is 20.3 Å². The van der Waals surface area contributed by atoms with Gasteiger partial charge in [0.05, 0.1) is 25.0 Å². The Hall–Kier alpha value is -3.27. The van der Waals surface area contributed by atoms with Crippen molar-refractivity contribution < 1.29 is 34.1 Å². The zero-order chi connectivity index (χ0) is 32.2. The number of esters is 1. The minimum atomic E-state index is -1.03. The summed E-state index contributed by atoms with van der Waals surface area (Å²) in [5.41, 5.74) is -0.496. The molecule has 9 nitrogen and oxygen atoms in total. The van der Waals surface area contributed by atoms with Crippen LogP contribution in [0.1, 0.15) is 88.9 Å². The summed E-state index contributed by atoms with van der Waals surface area (Å²) in [6.45, 7) is 7.12. The van der Waals surface area contributed by atoms with Crippen molar-refractivity contribution in [3.63, 3.8) is 0 Å². The van der Waals surface area contributed by atoms with Crippen LogP contribution < -0.4 is 19.4 Å². The van der Waals surface area contributed by atoms with Crippen molar-refractivity contribution in [2.75, 3.05) is 25.7 Å². The summed E-state index contributed by atoms with van der Waals surface area (Å²) in [4.78, 5) is 14.5. The summed E-state index contributed by atoms with van der Waals surface area (Å²) in [6.07, 6.45) is 9.62. The number of carbonyl (C=O) groups is 1. The van der Waals surface area contributed by atoms with Gasteiger partial charge in [-0.2, -0.15) is 0 Å². The quantitative estimate of drug-likeness (QED) is 0.166. The highest BCUT2D eigenvalue weighted by Crippen LogP contribution is 2.73. The second kappa shape index (κ2) is 10.1. The number of anilines is 1. The maximum Gasteiger partial charge on any atom is 0.339 e. The van der Waals surface area contributed by atoms with Gasteiger partial charge in [-0.1, -0.05) is 39.3 Å². The summed E-state index contributed by atoms with van der Waals surface area (Å²) in [5.74, 6) is 1.83. The van der Waals surface area contributed by atoms with Crippen LogP contribution in [0.25, 0.3) is 21.5 Å². The molecule has 8 rings (SSSR count). The van der Waals surface area contributed by atoms with Crippen molar-refractivity contribution >= 4 is 33.2 Å². The number of aliphatic hydroxyl groups excluding tert-OH is 1. The number of fused-ring (bicyclic) bond motifs is 8. The zero-order valence-corrected chi connectivity index (χ0v) is 27.2. The number of benzene rings is 3. The lowest BCUT2D eigenvalue weighted by molar-refractivity contribution is -0.145. The number of carbonyl (C=O) groups excluding carboxylic acids is 1. The third-order valence-electron chi connectivity index (χ3n) is 13.3. The van der Waals surface area contributed by atoms with Gasteiger partial charge >= 0.3 is 5.97 Å². The molecule has 2 bridgehead atoms. The highest BCUT2D eigenvalue weighted by atomic mass is 16.8. The van der Waals surface area contributed by atoms with Gasteiger partial charge in [-0.05, 0) is 103 Å². The zero-order valence-electron chi connectivity index (χ0n) is 27.2. The SMILES string of the molecule is COc1cccc2c1cc(N([O-])O)c1c(C(=O)O[C@@]3(CO)C[C@]45CC[C@H]6C(C)(C)CCC[C@]6(C)[C@H]4CC[C@H]3C5)cc3c(c12)OCO3. The van der Waals surface area contributed by atoms with Crippen molar-refractivity contribution in [3.8, 4) is 17.2 Å². The molecular weight excluding hydrogens is 586 g/mol. The second-order valence-electron chi connectivity index (χ2n) is 15.8. The van der Waals surface area contributed by atoms with Crippen molar-refractivity contribution in [2.45, 2.75) is 84.2 Å². The molecular formula is C37H44NO8-. The average Bonchev–Trinajstić information content (AvgIpc) is 3.59. The molecule has 1 spiro atoms. The van der Waals surface area contributed by atoms with Crippen LogP contribution in [-0.4, -0.2) is 42.4 Å². The van der Waals surface area contributed by atoms with Crippen LogP contribution in [0.5, 0.6) is 17.2 Å². The van der Waals surface area contributed by atoms with Gasteiger partial charge in [-0.25, -0.2) is 4.79 Å². The molecule has 2 N–H and O–H groups in total. The monoisotopic (exact) mass is 630 g/mol. The number of hydrogen-bond donors (Lipinski definition) is 2. The molecule has 1 aliphatic heterocycles. The van der Waals surface area contributed by atoms with E-state index in [1.165, 1.54) is 44.9 Å². The third kappa shape index (κ3) is 4.00. The molecule has 3 aromatic carbocycles. The van der Waals surface area contributed by atoms with Gasteiger partial charge in [-0.3, -0.25) is 5.21 Å². The predicted molar refractivity (Wildman–Crippen MR) is 173 cm³/mol. The lowest BCUT2D eigenvalue weighted by Gasteiger charge is -2.63. The summed E-state index contributed by atoms with van der Waals surface area (Å²) in [6, 6.07) is 8.49. The molecule has 9 heteroatoms. The first-order valence-corrected chi connectivity index (χ1v) is 16.8. The Morgan fingerprint density at radius 1 is 1.04 bits per heavy atom. The van der Waals surface area contributed by atoms with Gasteiger partial charge in [-0.15, -0.1) is 0 Å². The molecule has 6 atom stereocenters. The van der Waals surface area contributed by atoms with E-state index < -0.39 is 11.6 Å². The Kier molecular flexibility index (Phi) is 6.62. The van der Waals surface area contributed by atoms with Crippen LogP contribution in [0.4, 0.5) is 5.69 Å². The fourth-order valence-corrected chi connectivity index (χ4v) is 11.7. The highest BCUT2D eigenvalue weighted by Gasteiger charge is 2.68. The van der Waals surface area contributed by atoms with Gasteiger partial charge < -0.3 is 34.5 Å². The molecule has 0 unspecified atom stereocenters. The van der Waals surface area contributed by atoms with E-state index in [0.29, 0.717) is 57.1 Å². The molecule has 3 aromatic rings. The summed E-state index contributed by atoms with van der Waals surface area (Å²) < 4.78 is 23.8. The maximum absolute atomic E-state index is 14.5. The number of hydrogen-bond acceptors (Lipinski definition) is 9. The first-order chi connectivity index (χ1) is 22.0. The molecule has 4 fully saturated rings. The van der Waals surface area contributed by atoms with Gasteiger partial charge in [0.15, 0.2) is 11.5 Å².